The van der Waals surface area contributed by atoms with E-state index in [-0.39, 0.29) is 5.56 Å². The van der Waals surface area contributed by atoms with Crippen molar-refractivity contribution in [1.29, 1.82) is 0 Å². The molecule has 0 aliphatic rings. The van der Waals surface area contributed by atoms with E-state index < -0.39 is 29.9 Å². The van der Waals surface area contributed by atoms with E-state index in [1.54, 1.807) is 6.07 Å². The molecule has 1 unspecified atom stereocenters. The number of ether oxygens (including phenoxy) is 1. The minimum absolute atomic E-state index is 0.0484. The molecule has 0 radical (unpaired) electrons. The van der Waals surface area contributed by atoms with E-state index in [4.69, 9.17) is 4.74 Å². The fourth-order valence-corrected chi connectivity index (χ4v) is 2.32. The highest BCUT2D eigenvalue weighted by Crippen LogP contribution is 2.23. The second kappa shape index (κ2) is 7.44. The van der Waals surface area contributed by atoms with Gasteiger partial charge in [0.25, 0.3) is 5.91 Å². The Hall–Kier alpha value is -2.73. The SMILES string of the molecule is Cc1ccc(NC(=O)COC(=O)C(C)(O)c2cccc(F)c2)c(C)c1. The van der Waals surface area contributed by atoms with Gasteiger partial charge in [0.2, 0.25) is 0 Å². The van der Waals surface area contributed by atoms with Gasteiger partial charge in [-0.05, 0) is 50.1 Å². The molecule has 5 nitrogen and oxygen atoms in total. The first kappa shape index (κ1) is 18.6. The molecule has 132 valence electrons. The molecule has 0 fully saturated rings. The molecule has 0 spiro atoms. The number of benzene rings is 2. The predicted octanol–water partition coefficient (Wildman–Crippen LogP) is 2.83. The molecule has 2 aromatic carbocycles. The number of carbonyl (C=O) groups excluding carboxylic acids is 2. The number of aliphatic hydroxyl groups is 1. The lowest BCUT2D eigenvalue weighted by atomic mass is 9.96. The van der Waals surface area contributed by atoms with Crippen LogP contribution in [0.3, 0.4) is 0 Å². The Labute approximate surface area is 145 Å². The molecule has 1 atom stereocenters. The normalized spacial score (nSPS) is 13.0. The van der Waals surface area contributed by atoms with Crippen LogP contribution < -0.4 is 5.32 Å². The van der Waals surface area contributed by atoms with Crippen molar-refractivity contribution in [2.75, 3.05) is 11.9 Å². The smallest absolute Gasteiger partial charge is 0.343 e. The molecule has 2 aromatic rings. The van der Waals surface area contributed by atoms with Crippen LogP contribution >= 0.6 is 0 Å². The summed E-state index contributed by atoms with van der Waals surface area (Å²) in [6.45, 7) is 4.42. The Kier molecular flexibility index (Phi) is 5.54. The highest BCUT2D eigenvalue weighted by atomic mass is 19.1. The summed E-state index contributed by atoms with van der Waals surface area (Å²) in [7, 11) is 0. The molecule has 0 saturated carbocycles. The number of hydrogen-bond donors (Lipinski definition) is 2. The molecule has 2 N–H and O–H groups in total. The summed E-state index contributed by atoms with van der Waals surface area (Å²) in [5.74, 6) is -2.15. The summed E-state index contributed by atoms with van der Waals surface area (Å²) >= 11 is 0. The topological polar surface area (TPSA) is 75.6 Å². The molecular formula is C19H20FNO4. The van der Waals surface area contributed by atoms with E-state index in [9.17, 15) is 19.1 Å². The van der Waals surface area contributed by atoms with Crippen molar-refractivity contribution in [2.45, 2.75) is 26.4 Å². The molecule has 0 saturated heterocycles. The fourth-order valence-electron chi connectivity index (χ4n) is 2.32. The number of anilines is 1. The Morgan fingerprint density at radius 3 is 2.56 bits per heavy atom. The summed E-state index contributed by atoms with van der Waals surface area (Å²) in [4.78, 5) is 24.0. The van der Waals surface area contributed by atoms with Gasteiger partial charge in [0.15, 0.2) is 12.2 Å². The maximum Gasteiger partial charge on any atom is 0.343 e. The highest BCUT2D eigenvalue weighted by Gasteiger charge is 2.35. The number of rotatable bonds is 5. The van der Waals surface area contributed by atoms with Crippen molar-refractivity contribution >= 4 is 17.6 Å². The first-order valence-electron chi connectivity index (χ1n) is 7.73. The third kappa shape index (κ3) is 4.64. The minimum atomic E-state index is -2.05. The number of carbonyl (C=O) groups is 2. The van der Waals surface area contributed by atoms with Crippen molar-refractivity contribution in [3.8, 4) is 0 Å². The molecule has 25 heavy (non-hydrogen) atoms. The van der Waals surface area contributed by atoms with E-state index in [1.807, 2.05) is 26.0 Å². The van der Waals surface area contributed by atoms with E-state index in [0.29, 0.717) is 5.69 Å². The summed E-state index contributed by atoms with van der Waals surface area (Å²) in [6, 6.07) is 10.5. The number of halogens is 1. The van der Waals surface area contributed by atoms with Gasteiger partial charge >= 0.3 is 5.97 Å². The second-order valence-electron chi connectivity index (χ2n) is 6.03. The zero-order valence-corrected chi connectivity index (χ0v) is 14.3. The van der Waals surface area contributed by atoms with Crippen molar-refractivity contribution in [3.63, 3.8) is 0 Å². The van der Waals surface area contributed by atoms with Gasteiger partial charge in [-0.3, -0.25) is 4.79 Å². The Morgan fingerprint density at radius 2 is 1.92 bits per heavy atom. The molecule has 0 aliphatic carbocycles. The molecule has 0 aromatic heterocycles. The van der Waals surface area contributed by atoms with Gasteiger partial charge in [-0.15, -0.1) is 0 Å². The van der Waals surface area contributed by atoms with Gasteiger partial charge in [0.1, 0.15) is 5.82 Å². The average Bonchev–Trinajstić information content (AvgIpc) is 2.55. The van der Waals surface area contributed by atoms with Crippen LogP contribution in [0.5, 0.6) is 0 Å². The lowest BCUT2D eigenvalue weighted by Crippen LogP contribution is -2.36. The van der Waals surface area contributed by atoms with Crippen molar-refractivity contribution < 1.29 is 23.8 Å². The van der Waals surface area contributed by atoms with Gasteiger partial charge in [-0.2, -0.15) is 0 Å². The van der Waals surface area contributed by atoms with Crippen LogP contribution in [0, 0.1) is 19.7 Å². The second-order valence-corrected chi connectivity index (χ2v) is 6.03. The molecule has 6 heteroatoms. The molecule has 2 rings (SSSR count). The molecule has 0 heterocycles. The van der Waals surface area contributed by atoms with Crippen molar-refractivity contribution in [1.82, 2.24) is 0 Å². The number of nitrogens with one attached hydrogen (secondary N) is 1. The monoisotopic (exact) mass is 345 g/mol. The summed E-state index contributed by atoms with van der Waals surface area (Å²) < 4.78 is 18.1. The quantitative estimate of drug-likeness (QED) is 0.817. The van der Waals surface area contributed by atoms with Gasteiger partial charge in [-0.25, -0.2) is 9.18 Å². The van der Waals surface area contributed by atoms with Crippen molar-refractivity contribution in [2.24, 2.45) is 0 Å². The lowest BCUT2D eigenvalue weighted by molar-refractivity contribution is -0.166. The minimum Gasteiger partial charge on any atom is -0.453 e. The highest BCUT2D eigenvalue weighted by molar-refractivity contribution is 5.94. The maximum absolute atomic E-state index is 13.3. The predicted molar refractivity (Wildman–Crippen MR) is 91.5 cm³/mol. The van der Waals surface area contributed by atoms with Crippen LogP contribution in [0.15, 0.2) is 42.5 Å². The van der Waals surface area contributed by atoms with Crippen molar-refractivity contribution in [3.05, 3.63) is 65.0 Å². The Bertz CT molecular complexity index is 802. The van der Waals surface area contributed by atoms with Gasteiger partial charge < -0.3 is 15.2 Å². The summed E-state index contributed by atoms with van der Waals surface area (Å²) in [5, 5.41) is 12.9. The average molecular weight is 345 g/mol. The molecule has 1 amide bonds. The lowest BCUT2D eigenvalue weighted by Gasteiger charge is -2.21. The first-order valence-corrected chi connectivity index (χ1v) is 7.73. The summed E-state index contributed by atoms with van der Waals surface area (Å²) in [5.41, 5.74) is 0.553. The number of aryl methyl sites for hydroxylation is 2. The Balaban J connectivity index is 1.97. The number of hydrogen-bond acceptors (Lipinski definition) is 4. The van der Waals surface area contributed by atoms with Crippen LogP contribution in [-0.2, 0) is 19.9 Å². The van der Waals surface area contributed by atoms with E-state index in [0.717, 1.165) is 17.2 Å². The molecular weight excluding hydrogens is 325 g/mol. The third-order valence-electron chi connectivity index (χ3n) is 3.77. The van der Waals surface area contributed by atoms with E-state index in [2.05, 4.69) is 5.32 Å². The number of amides is 1. The van der Waals surface area contributed by atoms with Crippen LogP contribution in [0.1, 0.15) is 23.6 Å². The van der Waals surface area contributed by atoms with Crippen LogP contribution in [-0.4, -0.2) is 23.6 Å². The largest absolute Gasteiger partial charge is 0.453 e. The van der Waals surface area contributed by atoms with Crippen LogP contribution in [0.25, 0.3) is 0 Å². The van der Waals surface area contributed by atoms with E-state index >= 15 is 0 Å². The standard InChI is InChI=1S/C19H20FNO4/c1-12-7-8-16(13(2)9-12)21-17(22)11-25-18(23)19(3,24)14-5-4-6-15(20)10-14/h4-10,24H,11H2,1-3H3,(H,21,22). The maximum atomic E-state index is 13.3. The fraction of sp³-hybridized carbons (Fsp3) is 0.263. The number of esters is 1. The third-order valence-corrected chi connectivity index (χ3v) is 3.77. The van der Waals surface area contributed by atoms with Gasteiger partial charge in [0, 0.05) is 5.69 Å². The zero-order chi connectivity index (χ0) is 18.6. The van der Waals surface area contributed by atoms with E-state index in [1.165, 1.54) is 25.1 Å². The first-order chi connectivity index (χ1) is 11.7. The molecule has 0 bridgehead atoms. The Morgan fingerprint density at radius 1 is 1.20 bits per heavy atom. The van der Waals surface area contributed by atoms with Gasteiger partial charge in [0.05, 0.1) is 0 Å². The van der Waals surface area contributed by atoms with Crippen LogP contribution in [0.2, 0.25) is 0 Å². The van der Waals surface area contributed by atoms with Gasteiger partial charge in [-0.1, -0.05) is 29.8 Å². The zero-order valence-electron chi connectivity index (χ0n) is 14.3. The van der Waals surface area contributed by atoms with Crippen LogP contribution in [0.4, 0.5) is 10.1 Å². The molecule has 0 aliphatic heterocycles. The summed E-state index contributed by atoms with van der Waals surface area (Å²) in [6.07, 6.45) is 0.